The molecule has 1 saturated heterocycles. The van der Waals surface area contributed by atoms with Gasteiger partial charge in [0.05, 0.1) is 6.61 Å². The van der Waals surface area contributed by atoms with E-state index in [1.54, 1.807) is 7.05 Å². The van der Waals surface area contributed by atoms with E-state index in [1.165, 1.54) is 22.9 Å². The maximum atomic E-state index is 11.3. The van der Waals surface area contributed by atoms with E-state index in [1.807, 2.05) is 6.92 Å². The fourth-order valence-electron chi connectivity index (χ4n) is 0.688. The Hall–Kier alpha value is -0.550. The Balaban J connectivity index is 2.71. The number of likely N-dealkylation sites (N-methyl/N-ethyl adjacent to an activating group) is 1. The van der Waals surface area contributed by atoms with Gasteiger partial charge in [-0.05, 0) is 6.92 Å². The molecule has 0 aromatic heterocycles. The van der Waals surface area contributed by atoms with Crippen LogP contribution in [0.15, 0.2) is 11.2 Å². The predicted octanol–water partition coefficient (Wildman–Crippen LogP) is 1.35. The van der Waals surface area contributed by atoms with Gasteiger partial charge in [-0.15, -0.1) is 0 Å². The maximum absolute atomic E-state index is 11.3. The van der Waals surface area contributed by atoms with E-state index < -0.39 is 0 Å². The van der Waals surface area contributed by atoms with Crippen LogP contribution < -0.4 is 0 Å². The van der Waals surface area contributed by atoms with Gasteiger partial charge in [0.25, 0.3) is 5.91 Å². The number of amides is 1. The fraction of sp³-hybridized carbons (Fsp3) is 0.429. The van der Waals surface area contributed by atoms with Crippen molar-refractivity contribution in [3.05, 3.63) is 11.2 Å². The highest BCUT2D eigenvalue weighted by Gasteiger charge is 2.28. The second-order valence-electron chi connectivity index (χ2n) is 2.17. The van der Waals surface area contributed by atoms with E-state index in [-0.39, 0.29) is 5.91 Å². The Bertz CT molecular complexity index is 250. The topological polar surface area (TPSA) is 29.5 Å². The molecule has 0 bridgehead atoms. The Morgan fingerprint density at radius 1 is 1.75 bits per heavy atom. The molecule has 1 heterocycles. The number of carbonyl (C=O) groups excluding carboxylic acids is 1. The van der Waals surface area contributed by atoms with Crippen LogP contribution in [0.2, 0.25) is 0 Å². The van der Waals surface area contributed by atoms with Crippen molar-refractivity contribution >= 4 is 34.2 Å². The van der Waals surface area contributed by atoms with Crippen LogP contribution in [0, 0.1) is 0 Å². The monoisotopic (exact) mass is 203 g/mol. The van der Waals surface area contributed by atoms with Gasteiger partial charge < -0.3 is 4.74 Å². The highest BCUT2D eigenvalue weighted by atomic mass is 32.2. The molecule has 0 unspecified atom stereocenters. The molecule has 12 heavy (non-hydrogen) atoms. The molecule has 0 radical (unpaired) electrons. The fourth-order valence-corrected chi connectivity index (χ4v) is 1.79. The first-order valence-electron chi connectivity index (χ1n) is 3.48. The Labute approximate surface area is 80.8 Å². The summed E-state index contributed by atoms with van der Waals surface area (Å²) in [7, 11) is 1.66. The molecule has 1 amide bonds. The molecule has 66 valence electrons. The standard InChI is InChI=1S/C7H9NO2S2/c1-3-10-4-5-6(9)8(2)7(11)12-5/h4H,3H2,1-2H3/b5-4+. The van der Waals surface area contributed by atoms with Crippen molar-refractivity contribution in [2.45, 2.75) is 6.92 Å². The molecule has 1 fully saturated rings. The van der Waals surface area contributed by atoms with E-state index in [4.69, 9.17) is 17.0 Å². The smallest absolute Gasteiger partial charge is 0.269 e. The summed E-state index contributed by atoms with van der Waals surface area (Å²) in [4.78, 5) is 13.3. The SMILES string of the molecule is CCO/C=C1/SC(=S)N(C)C1=O. The number of nitrogens with zero attached hydrogens (tertiary/aromatic N) is 1. The molecule has 0 saturated carbocycles. The van der Waals surface area contributed by atoms with Gasteiger partial charge in [-0.25, -0.2) is 0 Å². The van der Waals surface area contributed by atoms with Crippen LogP contribution in [0.4, 0.5) is 0 Å². The van der Waals surface area contributed by atoms with Crippen molar-refractivity contribution in [1.29, 1.82) is 0 Å². The third-order valence-electron chi connectivity index (χ3n) is 1.34. The lowest BCUT2D eigenvalue weighted by molar-refractivity contribution is -0.121. The van der Waals surface area contributed by atoms with Crippen molar-refractivity contribution < 1.29 is 9.53 Å². The van der Waals surface area contributed by atoms with Gasteiger partial charge in [-0.1, -0.05) is 24.0 Å². The normalized spacial score (nSPS) is 20.8. The first kappa shape index (κ1) is 9.54. The first-order valence-corrected chi connectivity index (χ1v) is 4.71. The van der Waals surface area contributed by atoms with E-state index >= 15 is 0 Å². The summed E-state index contributed by atoms with van der Waals surface area (Å²) in [6.07, 6.45) is 1.46. The second-order valence-corrected chi connectivity index (χ2v) is 3.85. The second kappa shape index (κ2) is 3.91. The molecular formula is C7H9NO2S2. The van der Waals surface area contributed by atoms with Crippen LogP contribution in [0.3, 0.4) is 0 Å². The van der Waals surface area contributed by atoms with Crippen LogP contribution >= 0.6 is 24.0 Å². The highest BCUT2D eigenvalue weighted by Crippen LogP contribution is 2.29. The van der Waals surface area contributed by atoms with Crippen LogP contribution in [0.5, 0.6) is 0 Å². The third kappa shape index (κ3) is 1.78. The molecule has 0 aromatic rings. The Kier molecular flexibility index (Phi) is 3.11. The van der Waals surface area contributed by atoms with Gasteiger partial charge in [0.2, 0.25) is 0 Å². The average molecular weight is 203 g/mol. The molecule has 0 aromatic carbocycles. The Morgan fingerprint density at radius 3 is 2.83 bits per heavy atom. The van der Waals surface area contributed by atoms with Crippen LogP contribution in [-0.2, 0) is 9.53 Å². The molecule has 1 rings (SSSR count). The van der Waals surface area contributed by atoms with Crippen molar-refractivity contribution in [2.75, 3.05) is 13.7 Å². The van der Waals surface area contributed by atoms with E-state index in [0.29, 0.717) is 15.8 Å². The zero-order valence-corrected chi connectivity index (χ0v) is 8.50. The van der Waals surface area contributed by atoms with Crippen LogP contribution in [0.25, 0.3) is 0 Å². The van der Waals surface area contributed by atoms with Gasteiger partial charge in [0.1, 0.15) is 15.5 Å². The molecule has 0 atom stereocenters. The number of thiocarbonyl (C=S) groups is 1. The summed E-state index contributed by atoms with van der Waals surface area (Å²) in [5.41, 5.74) is 0. The molecule has 5 heteroatoms. The van der Waals surface area contributed by atoms with Crippen molar-refractivity contribution in [3.8, 4) is 0 Å². The van der Waals surface area contributed by atoms with Crippen LogP contribution in [0.1, 0.15) is 6.92 Å². The summed E-state index contributed by atoms with van der Waals surface area (Å²) in [5, 5.41) is 0. The molecule has 0 N–H and O–H groups in total. The molecule has 1 aliphatic rings. The van der Waals surface area contributed by atoms with Crippen molar-refractivity contribution in [3.63, 3.8) is 0 Å². The van der Waals surface area contributed by atoms with Gasteiger partial charge in [-0.2, -0.15) is 0 Å². The van der Waals surface area contributed by atoms with Gasteiger partial charge in [-0.3, -0.25) is 9.69 Å². The summed E-state index contributed by atoms with van der Waals surface area (Å²) in [5.74, 6) is -0.0848. The largest absolute Gasteiger partial charge is 0.500 e. The van der Waals surface area contributed by atoms with Crippen molar-refractivity contribution in [2.24, 2.45) is 0 Å². The molecule has 0 aliphatic carbocycles. The summed E-state index contributed by atoms with van der Waals surface area (Å²) in [6, 6.07) is 0. The molecule has 0 spiro atoms. The lowest BCUT2D eigenvalue weighted by Gasteiger charge is -2.03. The lowest BCUT2D eigenvalue weighted by atomic mass is 10.5. The maximum Gasteiger partial charge on any atom is 0.269 e. The summed E-state index contributed by atoms with van der Waals surface area (Å²) < 4.78 is 5.57. The number of rotatable bonds is 2. The zero-order valence-electron chi connectivity index (χ0n) is 6.86. The van der Waals surface area contributed by atoms with Gasteiger partial charge in [0, 0.05) is 7.05 Å². The van der Waals surface area contributed by atoms with Gasteiger partial charge >= 0.3 is 0 Å². The quantitative estimate of drug-likeness (QED) is 0.385. The minimum atomic E-state index is -0.0848. The van der Waals surface area contributed by atoms with Gasteiger partial charge in [0.15, 0.2) is 0 Å². The van der Waals surface area contributed by atoms with E-state index in [2.05, 4.69) is 0 Å². The molecular weight excluding hydrogens is 194 g/mol. The minimum Gasteiger partial charge on any atom is -0.500 e. The number of carbonyl (C=O) groups is 1. The lowest BCUT2D eigenvalue weighted by Crippen LogP contribution is -2.22. The number of ether oxygens (including phenoxy) is 1. The summed E-state index contributed by atoms with van der Waals surface area (Å²) >= 11 is 6.18. The highest BCUT2D eigenvalue weighted by molar-refractivity contribution is 8.26. The number of hydrogen-bond donors (Lipinski definition) is 0. The molecule has 3 nitrogen and oxygen atoms in total. The average Bonchev–Trinajstić information content (AvgIpc) is 2.30. The number of hydrogen-bond acceptors (Lipinski definition) is 4. The zero-order chi connectivity index (χ0) is 9.14. The van der Waals surface area contributed by atoms with E-state index in [9.17, 15) is 4.79 Å². The predicted molar refractivity (Wildman–Crippen MR) is 52.7 cm³/mol. The first-order chi connectivity index (χ1) is 5.66. The third-order valence-corrected chi connectivity index (χ3v) is 2.81. The summed E-state index contributed by atoms with van der Waals surface area (Å²) in [6.45, 7) is 2.43. The van der Waals surface area contributed by atoms with E-state index in [0.717, 1.165) is 0 Å². The van der Waals surface area contributed by atoms with Crippen LogP contribution in [-0.4, -0.2) is 28.8 Å². The molecule has 1 aliphatic heterocycles. The number of thioether (sulfide) groups is 1. The minimum absolute atomic E-state index is 0.0848. The van der Waals surface area contributed by atoms with Crippen molar-refractivity contribution in [1.82, 2.24) is 4.90 Å². The Morgan fingerprint density at radius 2 is 2.42 bits per heavy atom.